The Bertz CT molecular complexity index is 257. The van der Waals surface area contributed by atoms with Crippen LogP contribution in [0.5, 0.6) is 0 Å². The summed E-state index contributed by atoms with van der Waals surface area (Å²) < 4.78 is 0. The van der Waals surface area contributed by atoms with Gasteiger partial charge in [-0.05, 0) is 6.42 Å². The number of carbonyl (C=O) groups is 1. The van der Waals surface area contributed by atoms with Crippen molar-refractivity contribution in [1.29, 1.82) is 0 Å². The summed E-state index contributed by atoms with van der Waals surface area (Å²) in [6, 6.07) is -0.170. The van der Waals surface area contributed by atoms with Crippen LogP contribution in [-0.2, 0) is 0 Å². The second-order valence-corrected chi connectivity index (χ2v) is 3.49. The van der Waals surface area contributed by atoms with Crippen LogP contribution in [0, 0.1) is 0 Å². The van der Waals surface area contributed by atoms with Gasteiger partial charge in [0, 0.05) is 11.6 Å². The number of aliphatic hydroxyl groups excluding tert-OH is 1. The topological polar surface area (TPSA) is 62.2 Å². The Labute approximate surface area is 80.6 Å². The smallest absolute Gasteiger partial charge is 0.280 e. The van der Waals surface area contributed by atoms with Crippen LogP contribution >= 0.6 is 11.3 Å². The molecule has 72 valence electrons. The van der Waals surface area contributed by atoms with E-state index >= 15 is 0 Å². The van der Waals surface area contributed by atoms with Gasteiger partial charge in [-0.1, -0.05) is 6.92 Å². The number of aliphatic hydroxyl groups is 1. The second kappa shape index (κ2) is 4.94. The molecular weight excluding hydrogens is 188 g/mol. The average Bonchev–Trinajstić information content (AvgIpc) is 2.66. The maximum absolute atomic E-state index is 11.4. The predicted molar refractivity (Wildman–Crippen MR) is 50.7 cm³/mol. The van der Waals surface area contributed by atoms with Crippen molar-refractivity contribution < 1.29 is 9.90 Å². The lowest BCUT2D eigenvalue weighted by molar-refractivity contribution is 0.0914. The van der Waals surface area contributed by atoms with Gasteiger partial charge in [0.15, 0.2) is 5.01 Å². The summed E-state index contributed by atoms with van der Waals surface area (Å²) in [5, 5.41) is 13.7. The van der Waals surface area contributed by atoms with Gasteiger partial charge < -0.3 is 10.4 Å². The zero-order valence-electron chi connectivity index (χ0n) is 7.36. The molecular formula is C8H12N2O2S. The van der Waals surface area contributed by atoms with Crippen molar-refractivity contribution in [3.63, 3.8) is 0 Å². The Hall–Kier alpha value is -0.940. The quantitative estimate of drug-likeness (QED) is 0.750. The molecule has 5 heteroatoms. The number of thiazole rings is 1. The molecule has 0 spiro atoms. The third-order valence-electron chi connectivity index (χ3n) is 1.67. The molecule has 1 amide bonds. The van der Waals surface area contributed by atoms with Crippen LogP contribution in [0.15, 0.2) is 11.6 Å². The zero-order chi connectivity index (χ0) is 9.68. The number of carbonyl (C=O) groups excluding carboxylic acids is 1. The molecule has 1 atom stereocenters. The first-order chi connectivity index (χ1) is 6.27. The van der Waals surface area contributed by atoms with E-state index in [1.165, 1.54) is 11.3 Å². The Morgan fingerprint density at radius 3 is 3.08 bits per heavy atom. The van der Waals surface area contributed by atoms with Gasteiger partial charge in [-0.2, -0.15) is 0 Å². The molecule has 0 radical (unpaired) electrons. The van der Waals surface area contributed by atoms with Crippen molar-refractivity contribution in [2.24, 2.45) is 0 Å². The second-order valence-electron chi connectivity index (χ2n) is 2.60. The van der Waals surface area contributed by atoms with Crippen molar-refractivity contribution in [3.05, 3.63) is 16.6 Å². The van der Waals surface area contributed by atoms with Crippen LogP contribution in [0.25, 0.3) is 0 Å². The number of hydrogen-bond acceptors (Lipinski definition) is 4. The van der Waals surface area contributed by atoms with E-state index in [0.717, 1.165) is 0 Å². The van der Waals surface area contributed by atoms with E-state index in [9.17, 15) is 4.79 Å². The third kappa shape index (κ3) is 2.78. The minimum absolute atomic E-state index is 0.0341. The van der Waals surface area contributed by atoms with Gasteiger partial charge in [-0.15, -0.1) is 11.3 Å². The molecule has 0 aliphatic carbocycles. The fourth-order valence-electron chi connectivity index (χ4n) is 0.860. The normalized spacial score (nSPS) is 12.5. The first-order valence-electron chi connectivity index (χ1n) is 4.09. The molecule has 0 aliphatic rings. The molecule has 1 rings (SSSR count). The number of hydrogen-bond donors (Lipinski definition) is 2. The Morgan fingerprint density at radius 1 is 1.85 bits per heavy atom. The van der Waals surface area contributed by atoms with Crippen LogP contribution in [0.2, 0.25) is 0 Å². The van der Waals surface area contributed by atoms with Crippen LogP contribution in [-0.4, -0.2) is 28.6 Å². The van der Waals surface area contributed by atoms with Gasteiger partial charge in [0.25, 0.3) is 5.91 Å². The van der Waals surface area contributed by atoms with Crippen molar-refractivity contribution in [2.45, 2.75) is 19.4 Å². The minimum atomic E-state index is -0.212. The third-order valence-corrected chi connectivity index (χ3v) is 2.45. The fourth-order valence-corrected chi connectivity index (χ4v) is 1.40. The summed E-state index contributed by atoms with van der Waals surface area (Å²) in [7, 11) is 0. The van der Waals surface area contributed by atoms with Crippen molar-refractivity contribution in [1.82, 2.24) is 10.3 Å². The Balaban J connectivity index is 2.50. The van der Waals surface area contributed by atoms with E-state index in [0.29, 0.717) is 11.4 Å². The molecule has 1 aromatic rings. The molecule has 2 N–H and O–H groups in total. The fraction of sp³-hybridized carbons (Fsp3) is 0.500. The molecule has 0 fully saturated rings. The average molecular weight is 200 g/mol. The van der Waals surface area contributed by atoms with Crippen LogP contribution in [0.1, 0.15) is 23.1 Å². The van der Waals surface area contributed by atoms with E-state index in [2.05, 4.69) is 10.3 Å². The van der Waals surface area contributed by atoms with E-state index < -0.39 is 0 Å². The lowest BCUT2D eigenvalue weighted by atomic mass is 10.2. The SMILES string of the molecule is CCC(CO)NC(=O)c1nccs1. The summed E-state index contributed by atoms with van der Waals surface area (Å²) in [5.41, 5.74) is 0. The van der Waals surface area contributed by atoms with E-state index in [-0.39, 0.29) is 18.6 Å². The highest BCUT2D eigenvalue weighted by atomic mass is 32.1. The molecule has 1 aromatic heterocycles. The molecule has 0 aliphatic heterocycles. The van der Waals surface area contributed by atoms with Gasteiger partial charge in [0.1, 0.15) is 0 Å². The highest BCUT2D eigenvalue weighted by Crippen LogP contribution is 2.04. The largest absolute Gasteiger partial charge is 0.394 e. The molecule has 1 unspecified atom stereocenters. The molecule has 0 saturated heterocycles. The standard InChI is InChI=1S/C8H12N2O2S/c1-2-6(5-11)10-7(12)8-9-3-4-13-8/h3-4,6,11H,2,5H2,1H3,(H,10,12). The van der Waals surface area contributed by atoms with E-state index in [4.69, 9.17) is 5.11 Å². The number of amides is 1. The van der Waals surface area contributed by atoms with Crippen molar-refractivity contribution >= 4 is 17.2 Å². The molecule has 0 aromatic carbocycles. The molecule has 1 heterocycles. The van der Waals surface area contributed by atoms with Gasteiger partial charge in [0.2, 0.25) is 0 Å². The maximum atomic E-state index is 11.4. The van der Waals surface area contributed by atoms with E-state index in [1.807, 2.05) is 6.92 Å². The van der Waals surface area contributed by atoms with Crippen LogP contribution < -0.4 is 5.32 Å². The zero-order valence-corrected chi connectivity index (χ0v) is 8.17. The van der Waals surface area contributed by atoms with E-state index in [1.54, 1.807) is 11.6 Å². The van der Waals surface area contributed by atoms with Gasteiger partial charge in [0.05, 0.1) is 12.6 Å². The summed E-state index contributed by atoms with van der Waals surface area (Å²) in [6.45, 7) is 1.87. The van der Waals surface area contributed by atoms with Gasteiger partial charge in [-0.25, -0.2) is 4.98 Å². The molecule has 0 bridgehead atoms. The number of aromatic nitrogens is 1. The first-order valence-corrected chi connectivity index (χ1v) is 4.97. The Morgan fingerprint density at radius 2 is 2.62 bits per heavy atom. The van der Waals surface area contributed by atoms with Gasteiger partial charge in [-0.3, -0.25) is 4.79 Å². The van der Waals surface area contributed by atoms with Crippen molar-refractivity contribution in [3.8, 4) is 0 Å². The summed E-state index contributed by atoms with van der Waals surface area (Å²) in [6.07, 6.45) is 2.30. The highest BCUT2D eigenvalue weighted by molar-refractivity contribution is 7.11. The monoisotopic (exact) mass is 200 g/mol. The highest BCUT2D eigenvalue weighted by Gasteiger charge is 2.12. The summed E-state index contributed by atoms with van der Waals surface area (Å²) in [5.74, 6) is -0.212. The number of nitrogens with one attached hydrogen (secondary N) is 1. The minimum Gasteiger partial charge on any atom is -0.394 e. The molecule has 4 nitrogen and oxygen atoms in total. The Kier molecular flexibility index (Phi) is 3.85. The van der Waals surface area contributed by atoms with Gasteiger partial charge >= 0.3 is 0 Å². The predicted octanol–water partition coefficient (Wildman–Crippen LogP) is 0.644. The van der Waals surface area contributed by atoms with Crippen LogP contribution in [0.4, 0.5) is 0 Å². The summed E-state index contributed by atoms with van der Waals surface area (Å²) >= 11 is 1.29. The van der Waals surface area contributed by atoms with Crippen LogP contribution in [0.3, 0.4) is 0 Å². The first kappa shape index (κ1) is 10.1. The van der Waals surface area contributed by atoms with Crippen molar-refractivity contribution in [2.75, 3.05) is 6.61 Å². The molecule has 0 saturated carbocycles. The lowest BCUT2D eigenvalue weighted by Gasteiger charge is -2.12. The summed E-state index contributed by atoms with van der Waals surface area (Å²) in [4.78, 5) is 15.2. The maximum Gasteiger partial charge on any atom is 0.280 e. The number of nitrogens with zero attached hydrogens (tertiary/aromatic N) is 1. The number of rotatable bonds is 4. The lowest BCUT2D eigenvalue weighted by Crippen LogP contribution is -2.36. The molecule has 13 heavy (non-hydrogen) atoms.